The van der Waals surface area contributed by atoms with E-state index >= 15 is 0 Å². The molecule has 2 aromatic carbocycles. The van der Waals surface area contributed by atoms with E-state index in [1.54, 1.807) is 0 Å². The summed E-state index contributed by atoms with van der Waals surface area (Å²) in [6.07, 6.45) is -0.143. The monoisotopic (exact) mass is 398 g/mol. The van der Waals surface area contributed by atoms with Crippen LogP contribution in [0, 0.1) is 0 Å². The molecule has 4 nitrogen and oxygen atoms in total. The maximum absolute atomic E-state index is 13.0. The number of ether oxygens (including phenoxy) is 1. The van der Waals surface area contributed by atoms with Crippen LogP contribution in [0.25, 0.3) is 10.6 Å². The minimum absolute atomic E-state index is 0.0257. The van der Waals surface area contributed by atoms with E-state index in [0.29, 0.717) is 23.8 Å². The molecular weight excluding hydrogens is 380 g/mol. The van der Waals surface area contributed by atoms with Crippen LogP contribution in [0.2, 0.25) is 5.02 Å². The quantitative estimate of drug-likeness (QED) is 0.618. The highest BCUT2D eigenvalue weighted by atomic mass is 35.5. The number of halogens is 1. The molecule has 3 aromatic rings. The average molecular weight is 399 g/mol. The van der Waals surface area contributed by atoms with Gasteiger partial charge in [-0.2, -0.15) is 0 Å². The molecular formula is C21H19ClN2O2S. The Morgan fingerprint density at radius 1 is 1.15 bits per heavy atom. The second-order valence-electron chi connectivity index (χ2n) is 6.60. The summed E-state index contributed by atoms with van der Waals surface area (Å²) in [7, 11) is 0. The number of amides is 1. The summed E-state index contributed by atoms with van der Waals surface area (Å²) in [5, 5.41) is 3.32. The molecule has 1 amide bonds. The van der Waals surface area contributed by atoms with Crippen LogP contribution in [-0.2, 0) is 4.74 Å². The van der Waals surface area contributed by atoms with E-state index in [9.17, 15) is 4.79 Å². The molecule has 0 saturated carbocycles. The first-order chi connectivity index (χ1) is 13.1. The van der Waals surface area contributed by atoms with E-state index in [4.69, 9.17) is 16.3 Å². The summed E-state index contributed by atoms with van der Waals surface area (Å²) < 4.78 is 6.05. The maximum atomic E-state index is 13.0. The molecule has 1 aromatic heterocycles. The molecule has 0 radical (unpaired) electrons. The van der Waals surface area contributed by atoms with Crippen molar-refractivity contribution in [1.29, 1.82) is 0 Å². The Morgan fingerprint density at radius 2 is 1.89 bits per heavy atom. The van der Waals surface area contributed by atoms with Crippen LogP contribution in [0.5, 0.6) is 0 Å². The van der Waals surface area contributed by atoms with Crippen molar-refractivity contribution in [3.05, 3.63) is 76.3 Å². The third-order valence-electron chi connectivity index (χ3n) is 4.53. The summed E-state index contributed by atoms with van der Waals surface area (Å²) in [4.78, 5) is 19.4. The molecule has 1 fully saturated rings. The molecule has 0 spiro atoms. The van der Waals surface area contributed by atoms with Gasteiger partial charge < -0.3 is 9.64 Å². The first-order valence-corrected chi connectivity index (χ1v) is 10.1. The Bertz CT molecular complexity index is 927. The minimum Gasteiger partial charge on any atom is -0.367 e. The van der Waals surface area contributed by atoms with Gasteiger partial charge in [-0.15, -0.1) is 11.3 Å². The van der Waals surface area contributed by atoms with E-state index in [0.717, 1.165) is 16.1 Å². The second kappa shape index (κ2) is 7.80. The van der Waals surface area contributed by atoms with E-state index < -0.39 is 0 Å². The molecule has 2 heterocycles. The van der Waals surface area contributed by atoms with Gasteiger partial charge in [0, 0.05) is 22.5 Å². The van der Waals surface area contributed by atoms with Gasteiger partial charge >= 0.3 is 0 Å². The Balaban J connectivity index is 1.53. The summed E-state index contributed by atoms with van der Waals surface area (Å²) in [6, 6.07) is 17.5. The van der Waals surface area contributed by atoms with Crippen molar-refractivity contribution >= 4 is 28.8 Å². The van der Waals surface area contributed by atoms with Crippen molar-refractivity contribution in [3.63, 3.8) is 0 Å². The number of hydrogen-bond donors (Lipinski definition) is 0. The predicted octanol–water partition coefficient (Wildman–Crippen LogP) is 5.07. The van der Waals surface area contributed by atoms with E-state index in [2.05, 4.69) is 4.98 Å². The van der Waals surface area contributed by atoms with E-state index in [1.165, 1.54) is 11.3 Å². The van der Waals surface area contributed by atoms with Gasteiger partial charge in [-0.05, 0) is 24.6 Å². The van der Waals surface area contributed by atoms with Crippen LogP contribution in [-0.4, -0.2) is 35.0 Å². The fourth-order valence-corrected chi connectivity index (χ4v) is 4.15. The van der Waals surface area contributed by atoms with E-state index in [-0.39, 0.29) is 18.1 Å². The molecule has 1 saturated heterocycles. The zero-order valence-corrected chi connectivity index (χ0v) is 16.4. The smallest absolute Gasteiger partial charge is 0.273 e. The molecule has 1 aliphatic rings. The number of hydrogen-bond acceptors (Lipinski definition) is 4. The van der Waals surface area contributed by atoms with Gasteiger partial charge in [0.15, 0.2) is 0 Å². The van der Waals surface area contributed by atoms with Crippen molar-refractivity contribution in [2.75, 3.05) is 13.1 Å². The predicted molar refractivity (Wildman–Crippen MR) is 108 cm³/mol. The third-order valence-corrected chi connectivity index (χ3v) is 5.68. The van der Waals surface area contributed by atoms with Crippen molar-refractivity contribution in [2.45, 2.75) is 19.1 Å². The molecule has 0 bridgehead atoms. The Hall–Kier alpha value is -2.21. The zero-order valence-electron chi connectivity index (χ0n) is 14.8. The summed E-state index contributed by atoms with van der Waals surface area (Å²) >= 11 is 7.41. The van der Waals surface area contributed by atoms with Gasteiger partial charge in [-0.25, -0.2) is 4.98 Å². The standard InChI is InChI=1S/C21H19ClN2O2S/c1-14-11-24(12-19(26-14)15-5-3-2-4-6-15)21(25)18-13-27-20(23-18)16-7-9-17(22)10-8-16/h2-10,13-14,19H,11-12H2,1H3. The highest BCUT2D eigenvalue weighted by Crippen LogP contribution is 2.28. The van der Waals surface area contributed by atoms with Crippen molar-refractivity contribution in [2.24, 2.45) is 0 Å². The second-order valence-corrected chi connectivity index (χ2v) is 7.90. The first-order valence-electron chi connectivity index (χ1n) is 8.81. The van der Waals surface area contributed by atoms with Crippen molar-refractivity contribution in [1.82, 2.24) is 9.88 Å². The SMILES string of the molecule is CC1CN(C(=O)c2csc(-c3ccc(Cl)cc3)n2)CC(c2ccccc2)O1. The number of thiazole rings is 1. The summed E-state index contributed by atoms with van der Waals surface area (Å²) in [5.41, 5.74) is 2.52. The number of aromatic nitrogens is 1. The Labute approximate surface area is 167 Å². The first kappa shape index (κ1) is 18.2. The topological polar surface area (TPSA) is 42.4 Å². The Kier molecular flexibility index (Phi) is 5.25. The Morgan fingerprint density at radius 3 is 2.63 bits per heavy atom. The fraction of sp³-hybridized carbons (Fsp3) is 0.238. The normalized spacial score (nSPS) is 19.9. The molecule has 6 heteroatoms. The van der Waals surface area contributed by atoms with Gasteiger partial charge in [0.1, 0.15) is 16.8 Å². The number of carbonyl (C=O) groups excluding carboxylic acids is 1. The van der Waals surface area contributed by atoms with Crippen molar-refractivity contribution < 1.29 is 9.53 Å². The lowest BCUT2D eigenvalue weighted by molar-refractivity contribution is -0.0692. The van der Waals surface area contributed by atoms with Gasteiger partial charge in [-0.3, -0.25) is 4.79 Å². The number of carbonyl (C=O) groups is 1. The van der Waals surface area contributed by atoms with Gasteiger partial charge in [0.05, 0.1) is 12.6 Å². The number of nitrogens with zero attached hydrogens (tertiary/aromatic N) is 2. The minimum atomic E-state index is -0.117. The molecule has 2 unspecified atom stereocenters. The molecule has 0 aliphatic carbocycles. The van der Waals surface area contributed by atoms with Crippen LogP contribution in [0.15, 0.2) is 60.0 Å². The van der Waals surface area contributed by atoms with Crippen molar-refractivity contribution in [3.8, 4) is 10.6 Å². The van der Waals surface area contributed by atoms with Crippen LogP contribution >= 0.6 is 22.9 Å². The fourth-order valence-electron chi connectivity index (χ4n) is 3.23. The lowest BCUT2D eigenvalue weighted by Gasteiger charge is -2.36. The highest BCUT2D eigenvalue weighted by molar-refractivity contribution is 7.13. The lowest BCUT2D eigenvalue weighted by Crippen LogP contribution is -2.46. The maximum Gasteiger partial charge on any atom is 0.273 e. The van der Waals surface area contributed by atoms with Crippen LogP contribution in [0.1, 0.15) is 29.1 Å². The summed E-state index contributed by atoms with van der Waals surface area (Å²) in [5.74, 6) is -0.0532. The zero-order chi connectivity index (χ0) is 18.8. The van der Waals surface area contributed by atoms with Gasteiger partial charge in [0.2, 0.25) is 0 Å². The highest BCUT2D eigenvalue weighted by Gasteiger charge is 2.30. The third kappa shape index (κ3) is 4.05. The molecule has 1 aliphatic heterocycles. The molecule has 4 rings (SSSR count). The molecule has 2 atom stereocenters. The molecule has 138 valence electrons. The molecule has 27 heavy (non-hydrogen) atoms. The summed E-state index contributed by atoms with van der Waals surface area (Å²) in [6.45, 7) is 3.09. The number of rotatable bonds is 3. The van der Waals surface area contributed by atoms with Crippen LogP contribution in [0.3, 0.4) is 0 Å². The van der Waals surface area contributed by atoms with Gasteiger partial charge in [-0.1, -0.05) is 54.1 Å². The van der Waals surface area contributed by atoms with E-state index in [1.807, 2.05) is 71.8 Å². The largest absolute Gasteiger partial charge is 0.367 e. The molecule has 0 N–H and O–H groups in total. The number of morpholine rings is 1. The lowest BCUT2D eigenvalue weighted by atomic mass is 10.1. The van der Waals surface area contributed by atoms with Crippen LogP contribution in [0.4, 0.5) is 0 Å². The number of benzene rings is 2. The van der Waals surface area contributed by atoms with Crippen LogP contribution < -0.4 is 0 Å². The average Bonchev–Trinajstić information content (AvgIpc) is 3.18. The van der Waals surface area contributed by atoms with Gasteiger partial charge in [0.25, 0.3) is 5.91 Å².